The van der Waals surface area contributed by atoms with Gasteiger partial charge in [-0.1, -0.05) is 51.5 Å². The second-order valence-corrected chi connectivity index (χ2v) is 10.6. The van der Waals surface area contributed by atoms with Gasteiger partial charge in [-0.05, 0) is 43.2 Å². The lowest BCUT2D eigenvalue weighted by atomic mass is 9.86. The number of ketones is 1. The third-order valence-corrected chi connectivity index (χ3v) is 6.62. The molecular formula is C20H32O3S. The molecule has 0 heterocycles. The summed E-state index contributed by atoms with van der Waals surface area (Å²) in [5, 5.41) is -0.310. The van der Waals surface area contributed by atoms with Crippen molar-refractivity contribution in [2.45, 2.75) is 77.4 Å². The Bertz CT molecular complexity index is 620. The summed E-state index contributed by atoms with van der Waals surface area (Å²) in [4.78, 5) is 12.0. The smallest absolute Gasteiger partial charge is 0.152 e. The Morgan fingerprint density at radius 3 is 2.08 bits per heavy atom. The van der Waals surface area contributed by atoms with E-state index < -0.39 is 9.84 Å². The van der Waals surface area contributed by atoms with E-state index in [0.29, 0.717) is 19.3 Å². The molecule has 0 amide bonds. The van der Waals surface area contributed by atoms with Crippen molar-refractivity contribution in [2.75, 3.05) is 5.75 Å². The van der Waals surface area contributed by atoms with Crippen LogP contribution < -0.4 is 0 Å². The fourth-order valence-corrected chi connectivity index (χ4v) is 3.55. The molecule has 136 valence electrons. The zero-order chi connectivity index (χ0) is 18.4. The van der Waals surface area contributed by atoms with Crippen molar-refractivity contribution in [1.82, 2.24) is 0 Å². The molecule has 0 aliphatic rings. The molecule has 4 heteroatoms. The molecule has 0 aliphatic heterocycles. The van der Waals surface area contributed by atoms with Crippen LogP contribution in [0.5, 0.6) is 0 Å². The van der Waals surface area contributed by atoms with Crippen molar-refractivity contribution in [3.8, 4) is 0 Å². The highest BCUT2D eigenvalue weighted by molar-refractivity contribution is 7.91. The lowest BCUT2D eigenvalue weighted by Crippen LogP contribution is -2.17. The molecule has 0 saturated carbocycles. The fraction of sp³-hybridized carbons (Fsp3) is 0.650. The zero-order valence-corrected chi connectivity index (χ0v) is 16.6. The maximum Gasteiger partial charge on any atom is 0.152 e. The highest BCUT2D eigenvalue weighted by Crippen LogP contribution is 2.22. The summed E-state index contributed by atoms with van der Waals surface area (Å²) in [5.74, 6) is 0.456. The predicted molar refractivity (Wildman–Crippen MR) is 101 cm³/mol. The molecule has 0 bridgehead atoms. The molecule has 0 fully saturated rings. The van der Waals surface area contributed by atoms with Crippen LogP contribution in [0.1, 0.15) is 71.4 Å². The number of hydrogen-bond donors (Lipinski definition) is 0. The Hall–Kier alpha value is -1.16. The molecule has 0 unspecified atom stereocenters. The molecule has 1 rings (SSSR count). The molecule has 0 radical (unpaired) electrons. The minimum atomic E-state index is -2.95. The molecule has 24 heavy (non-hydrogen) atoms. The van der Waals surface area contributed by atoms with Gasteiger partial charge in [0.25, 0.3) is 0 Å². The molecule has 1 aromatic rings. The first-order valence-electron chi connectivity index (χ1n) is 8.85. The van der Waals surface area contributed by atoms with Crippen LogP contribution in [0.15, 0.2) is 24.3 Å². The van der Waals surface area contributed by atoms with E-state index in [1.807, 2.05) is 12.1 Å². The van der Waals surface area contributed by atoms with Gasteiger partial charge in [0.2, 0.25) is 0 Å². The summed E-state index contributed by atoms with van der Waals surface area (Å²) in [6.07, 6.45) is 3.21. The first-order chi connectivity index (χ1) is 11.0. The van der Waals surface area contributed by atoms with Crippen LogP contribution in [0.4, 0.5) is 0 Å². The predicted octanol–water partition coefficient (Wildman–Crippen LogP) is 4.48. The van der Waals surface area contributed by atoms with E-state index in [0.717, 1.165) is 18.4 Å². The molecule has 0 N–H and O–H groups in total. The van der Waals surface area contributed by atoms with E-state index in [-0.39, 0.29) is 22.2 Å². The first kappa shape index (κ1) is 20.9. The monoisotopic (exact) mass is 352 g/mol. The van der Waals surface area contributed by atoms with Gasteiger partial charge in [0, 0.05) is 12.8 Å². The Morgan fingerprint density at radius 1 is 1.00 bits per heavy atom. The molecule has 0 aliphatic carbocycles. The van der Waals surface area contributed by atoms with Crippen LogP contribution in [-0.4, -0.2) is 25.2 Å². The average molecular weight is 353 g/mol. The number of hydrogen-bond acceptors (Lipinski definition) is 3. The molecular weight excluding hydrogens is 320 g/mol. The highest BCUT2D eigenvalue weighted by atomic mass is 32.2. The Balaban J connectivity index is 2.32. The van der Waals surface area contributed by atoms with Gasteiger partial charge in [-0.25, -0.2) is 8.42 Å². The van der Waals surface area contributed by atoms with E-state index in [2.05, 4.69) is 32.9 Å². The number of unbranched alkanes of at least 4 members (excludes halogenated alkanes) is 2. The fourth-order valence-electron chi connectivity index (χ4n) is 2.48. The topological polar surface area (TPSA) is 51.2 Å². The van der Waals surface area contributed by atoms with Crippen LogP contribution >= 0.6 is 0 Å². The summed E-state index contributed by atoms with van der Waals surface area (Å²) in [6.45, 7) is 9.94. The lowest BCUT2D eigenvalue weighted by molar-refractivity contribution is -0.118. The highest BCUT2D eigenvalue weighted by Gasteiger charge is 2.15. The van der Waals surface area contributed by atoms with E-state index >= 15 is 0 Å². The molecule has 1 aromatic carbocycles. The van der Waals surface area contributed by atoms with Crippen molar-refractivity contribution in [3.63, 3.8) is 0 Å². The summed E-state index contributed by atoms with van der Waals surface area (Å²) in [5.41, 5.74) is 2.44. The van der Waals surface area contributed by atoms with Crippen molar-refractivity contribution in [1.29, 1.82) is 0 Å². The van der Waals surface area contributed by atoms with Gasteiger partial charge in [0.05, 0.1) is 11.0 Å². The Morgan fingerprint density at radius 2 is 1.58 bits per heavy atom. The van der Waals surface area contributed by atoms with Crippen LogP contribution in [0, 0.1) is 0 Å². The number of carbonyl (C=O) groups excluding carboxylic acids is 1. The normalized spacial score (nSPS) is 12.6. The van der Waals surface area contributed by atoms with Crippen LogP contribution in [0.25, 0.3) is 0 Å². The van der Waals surface area contributed by atoms with Gasteiger partial charge in [-0.15, -0.1) is 0 Å². The van der Waals surface area contributed by atoms with E-state index in [1.54, 1.807) is 13.8 Å². The largest absolute Gasteiger partial charge is 0.299 e. The third-order valence-electron chi connectivity index (χ3n) is 4.32. The zero-order valence-electron chi connectivity index (χ0n) is 15.8. The van der Waals surface area contributed by atoms with Crippen molar-refractivity contribution in [2.24, 2.45) is 0 Å². The lowest BCUT2D eigenvalue weighted by Gasteiger charge is -2.19. The number of sulfone groups is 1. The van der Waals surface area contributed by atoms with Crippen molar-refractivity contribution < 1.29 is 13.2 Å². The maximum absolute atomic E-state index is 12.0. The standard InChI is InChI=1S/C20H32O3S/c1-16(2)24(22,23)14-8-6-7-9-19(21)15-17-10-12-18(13-11-17)20(3,4)5/h10-13,16H,6-9,14-15H2,1-5H3. The Kier molecular flexibility index (Phi) is 7.65. The molecule has 3 nitrogen and oxygen atoms in total. The summed E-state index contributed by atoms with van der Waals surface area (Å²) < 4.78 is 23.4. The second-order valence-electron chi connectivity index (χ2n) is 7.89. The number of carbonyl (C=O) groups is 1. The molecule has 0 aromatic heterocycles. The van der Waals surface area contributed by atoms with E-state index in [1.165, 1.54) is 5.56 Å². The maximum atomic E-state index is 12.0. The van der Waals surface area contributed by atoms with Gasteiger partial charge < -0.3 is 0 Å². The van der Waals surface area contributed by atoms with Crippen LogP contribution in [0.3, 0.4) is 0 Å². The summed E-state index contributed by atoms with van der Waals surface area (Å²) >= 11 is 0. The van der Waals surface area contributed by atoms with Gasteiger partial charge in [0.1, 0.15) is 5.78 Å². The van der Waals surface area contributed by atoms with E-state index in [4.69, 9.17) is 0 Å². The van der Waals surface area contributed by atoms with Gasteiger partial charge in [-0.2, -0.15) is 0 Å². The first-order valence-corrected chi connectivity index (χ1v) is 10.6. The summed E-state index contributed by atoms with van der Waals surface area (Å²) in [7, 11) is -2.95. The molecule has 0 saturated heterocycles. The summed E-state index contributed by atoms with van der Waals surface area (Å²) in [6, 6.07) is 8.26. The van der Waals surface area contributed by atoms with Gasteiger partial charge in [0.15, 0.2) is 9.84 Å². The van der Waals surface area contributed by atoms with Gasteiger partial charge in [-0.3, -0.25) is 4.79 Å². The van der Waals surface area contributed by atoms with Crippen molar-refractivity contribution >= 4 is 15.6 Å². The average Bonchev–Trinajstić information content (AvgIpc) is 2.46. The minimum Gasteiger partial charge on any atom is -0.299 e. The van der Waals surface area contributed by atoms with Gasteiger partial charge >= 0.3 is 0 Å². The number of rotatable bonds is 9. The molecule has 0 atom stereocenters. The minimum absolute atomic E-state index is 0.124. The number of Topliss-reactive ketones (excluding diaryl/α,β-unsaturated/α-hetero) is 1. The van der Waals surface area contributed by atoms with Crippen LogP contribution in [0.2, 0.25) is 0 Å². The van der Waals surface area contributed by atoms with E-state index in [9.17, 15) is 13.2 Å². The van der Waals surface area contributed by atoms with Crippen LogP contribution in [-0.2, 0) is 26.5 Å². The second kappa shape index (κ2) is 8.80. The quantitative estimate of drug-likeness (QED) is 0.616. The molecule has 0 spiro atoms. The van der Waals surface area contributed by atoms with Crippen molar-refractivity contribution in [3.05, 3.63) is 35.4 Å². The number of benzene rings is 1. The third kappa shape index (κ3) is 7.16. The Labute approximate surface area is 147 Å². The SMILES string of the molecule is CC(C)S(=O)(=O)CCCCCC(=O)Cc1ccc(C(C)(C)C)cc1.